The van der Waals surface area contributed by atoms with E-state index in [0.29, 0.717) is 12.0 Å². The lowest BCUT2D eigenvalue weighted by Gasteiger charge is -2.06. The lowest BCUT2D eigenvalue weighted by molar-refractivity contribution is 0.0992. The summed E-state index contributed by atoms with van der Waals surface area (Å²) in [5.41, 5.74) is 3.61. The van der Waals surface area contributed by atoms with E-state index in [1.807, 2.05) is 44.4 Å². The van der Waals surface area contributed by atoms with Crippen LogP contribution >= 0.6 is 15.9 Å². The molecule has 1 aromatic carbocycles. The largest absolute Gasteiger partial charge is 0.342 e. The monoisotopic (exact) mass is 371 g/mol. The maximum absolute atomic E-state index is 12.4. The number of carbonyl (C=O) groups excluding carboxylic acids is 1. The number of rotatable bonds is 5. The minimum atomic E-state index is 0.0858. The van der Waals surface area contributed by atoms with Gasteiger partial charge in [-0.3, -0.25) is 4.79 Å². The van der Waals surface area contributed by atoms with Crippen molar-refractivity contribution in [1.29, 1.82) is 0 Å². The summed E-state index contributed by atoms with van der Waals surface area (Å²) in [7, 11) is 4.06. The lowest BCUT2D eigenvalue weighted by Crippen LogP contribution is -2.10. The SMILES string of the molecule is CN(C)Cc1cc2cc(CC(=O)c3ccccc3Br)cnc2[nH]1. The van der Waals surface area contributed by atoms with E-state index in [4.69, 9.17) is 0 Å². The van der Waals surface area contributed by atoms with Crippen LogP contribution in [0.2, 0.25) is 0 Å². The van der Waals surface area contributed by atoms with Crippen molar-refractivity contribution in [2.45, 2.75) is 13.0 Å². The molecule has 0 unspecified atom stereocenters. The van der Waals surface area contributed by atoms with E-state index in [-0.39, 0.29) is 5.78 Å². The predicted octanol–water partition coefficient (Wildman–Crippen LogP) is 3.81. The van der Waals surface area contributed by atoms with Crippen molar-refractivity contribution >= 4 is 32.7 Å². The summed E-state index contributed by atoms with van der Waals surface area (Å²) in [6.07, 6.45) is 2.12. The first-order chi connectivity index (χ1) is 11.0. The van der Waals surface area contributed by atoms with Gasteiger partial charge in [-0.15, -0.1) is 0 Å². The third kappa shape index (κ3) is 3.68. The van der Waals surface area contributed by atoms with Crippen LogP contribution in [0.15, 0.2) is 47.1 Å². The van der Waals surface area contributed by atoms with Crippen LogP contribution in [0.25, 0.3) is 11.0 Å². The first-order valence-corrected chi connectivity index (χ1v) is 8.21. The number of aromatic amines is 1. The van der Waals surface area contributed by atoms with Gasteiger partial charge >= 0.3 is 0 Å². The number of carbonyl (C=O) groups is 1. The Morgan fingerprint density at radius 1 is 1.26 bits per heavy atom. The second-order valence-corrected chi connectivity index (χ2v) is 6.75. The average molecular weight is 372 g/mol. The summed E-state index contributed by atoms with van der Waals surface area (Å²) < 4.78 is 0.828. The van der Waals surface area contributed by atoms with Crippen LogP contribution in [0.3, 0.4) is 0 Å². The van der Waals surface area contributed by atoms with E-state index in [1.54, 1.807) is 6.20 Å². The topological polar surface area (TPSA) is 49.0 Å². The van der Waals surface area contributed by atoms with Crippen molar-refractivity contribution in [3.8, 4) is 0 Å². The number of aromatic nitrogens is 2. The molecule has 5 heteroatoms. The van der Waals surface area contributed by atoms with Gasteiger partial charge in [0.1, 0.15) is 5.65 Å². The molecule has 0 radical (unpaired) electrons. The summed E-state index contributed by atoms with van der Waals surface area (Å²) in [5.74, 6) is 0.0858. The summed E-state index contributed by atoms with van der Waals surface area (Å²) in [6.45, 7) is 0.835. The van der Waals surface area contributed by atoms with Crippen LogP contribution in [0.5, 0.6) is 0 Å². The molecule has 0 amide bonds. The molecule has 0 saturated carbocycles. The fraction of sp³-hybridized carbons (Fsp3) is 0.222. The Morgan fingerprint density at radius 3 is 2.78 bits per heavy atom. The third-order valence-corrected chi connectivity index (χ3v) is 4.30. The minimum absolute atomic E-state index is 0.0858. The van der Waals surface area contributed by atoms with Gasteiger partial charge in [0.15, 0.2) is 5.78 Å². The highest BCUT2D eigenvalue weighted by Gasteiger charge is 2.11. The van der Waals surface area contributed by atoms with Crippen LogP contribution in [-0.4, -0.2) is 34.7 Å². The van der Waals surface area contributed by atoms with Crippen molar-refractivity contribution in [2.24, 2.45) is 0 Å². The van der Waals surface area contributed by atoms with Crippen molar-refractivity contribution in [3.63, 3.8) is 0 Å². The molecule has 118 valence electrons. The molecule has 3 rings (SSSR count). The first kappa shape index (κ1) is 15.9. The molecule has 0 spiro atoms. The second kappa shape index (κ2) is 6.64. The smallest absolute Gasteiger partial charge is 0.168 e. The normalized spacial score (nSPS) is 11.3. The number of nitrogens with zero attached hydrogens (tertiary/aromatic N) is 2. The van der Waals surface area contributed by atoms with Gasteiger partial charge in [0, 0.05) is 40.3 Å². The van der Waals surface area contributed by atoms with Crippen LogP contribution in [0, 0.1) is 0 Å². The Labute approximate surface area is 143 Å². The van der Waals surface area contributed by atoms with Crippen LogP contribution < -0.4 is 0 Å². The van der Waals surface area contributed by atoms with E-state index in [0.717, 1.165) is 33.3 Å². The van der Waals surface area contributed by atoms with Crippen molar-refractivity contribution in [3.05, 3.63) is 63.9 Å². The van der Waals surface area contributed by atoms with Crippen molar-refractivity contribution in [1.82, 2.24) is 14.9 Å². The zero-order chi connectivity index (χ0) is 16.4. The second-order valence-electron chi connectivity index (χ2n) is 5.89. The summed E-state index contributed by atoms with van der Waals surface area (Å²) in [4.78, 5) is 22.3. The number of benzene rings is 1. The van der Waals surface area contributed by atoms with Gasteiger partial charge in [-0.1, -0.05) is 34.1 Å². The Bertz CT molecular complexity index is 854. The molecule has 4 nitrogen and oxygen atoms in total. The fourth-order valence-corrected chi connectivity index (χ4v) is 3.11. The molecule has 0 aliphatic rings. The summed E-state index contributed by atoms with van der Waals surface area (Å²) in [5, 5.41) is 1.04. The highest BCUT2D eigenvalue weighted by molar-refractivity contribution is 9.10. The number of halogens is 1. The Morgan fingerprint density at radius 2 is 2.04 bits per heavy atom. The number of nitrogens with one attached hydrogen (secondary N) is 1. The van der Waals surface area contributed by atoms with E-state index in [9.17, 15) is 4.79 Å². The van der Waals surface area contributed by atoms with Gasteiger partial charge in [-0.25, -0.2) is 4.98 Å². The molecule has 23 heavy (non-hydrogen) atoms. The quantitative estimate of drug-likeness (QED) is 0.693. The Kier molecular flexibility index (Phi) is 4.59. The molecule has 2 heterocycles. The van der Waals surface area contributed by atoms with E-state index in [1.165, 1.54) is 0 Å². The van der Waals surface area contributed by atoms with E-state index in [2.05, 4.69) is 36.9 Å². The van der Waals surface area contributed by atoms with Gasteiger partial charge < -0.3 is 9.88 Å². The lowest BCUT2D eigenvalue weighted by atomic mass is 10.0. The molecule has 3 aromatic rings. The number of fused-ring (bicyclic) bond motifs is 1. The number of pyridine rings is 1. The summed E-state index contributed by atoms with van der Waals surface area (Å²) >= 11 is 3.43. The number of hydrogen-bond donors (Lipinski definition) is 1. The van der Waals surface area contributed by atoms with E-state index >= 15 is 0 Å². The van der Waals surface area contributed by atoms with Gasteiger partial charge in [0.05, 0.1) is 0 Å². The Hall–Kier alpha value is -1.98. The molecule has 0 fully saturated rings. The number of H-pyrrole nitrogens is 1. The first-order valence-electron chi connectivity index (χ1n) is 7.42. The van der Waals surface area contributed by atoms with Crippen LogP contribution in [0.4, 0.5) is 0 Å². The van der Waals surface area contributed by atoms with Gasteiger partial charge in [0.2, 0.25) is 0 Å². The summed E-state index contributed by atoms with van der Waals surface area (Å²) in [6, 6.07) is 11.6. The maximum atomic E-state index is 12.4. The molecule has 0 aliphatic heterocycles. The third-order valence-electron chi connectivity index (χ3n) is 3.61. The van der Waals surface area contributed by atoms with Gasteiger partial charge in [-0.2, -0.15) is 0 Å². The minimum Gasteiger partial charge on any atom is -0.342 e. The van der Waals surface area contributed by atoms with Crippen molar-refractivity contribution in [2.75, 3.05) is 14.1 Å². The molecular weight excluding hydrogens is 354 g/mol. The molecule has 0 saturated heterocycles. The van der Waals surface area contributed by atoms with Crippen molar-refractivity contribution < 1.29 is 4.79 Å². The highest BCUT2D eigenvalue weighted by Crippen LogP contribution is 2.20. The van der Waals surface area contributed by atoms with Gasteiger partial charge in [-0.05, 0) is 37.9 Å². The number of Topliss-reactive ketones (excluding diaryl/α,β-unsaturated/α-hetero) is 1. The highest BCUT2D eigenvalue weighted by atomic mass is 79.9. The molecule has 2 aromatic heterocycles. The predicted molar refractivity (Wildman–Crippen MR) is 95.7 cm³/mol. The molecule has 0 aliphatic carbocycles. The zero-order valence-electron chi connectivity index (χ0n) is 13.1. The maximum Gasteiger partial charge on any atom is 0.168 e. The molecule has 0 bridgehead atoms. The Balaban J connectivity index is 1.83. The van der Waals surface area contributed by atoms with Crippen LogP contribution in [-0.2, 0) is 13.0 Å². The van der Waals surface area contributed by atoms with Crippen LogP contribution in [0.1, 0.15) is 21.6 Å². The number of hydrogen-bond acceptors (Lipinski definition) is 3. The fourth-order valence-electron chi connectivity index (χ4n) is 2.61. The van der Waals surface area contributed by atoms with E-state index < -0.39 is 0 Å². The molecule has 0 atom stereocenters. The number of ketones is 1. The zero-order valence-corrected chi connectivity index (χ0v) is 14.7. The standard InChI is InChI=1S/C18H18BrN3O/c1-22(2)11-14-9-13-7-12(10-20-18(13)21-14)8-17(23)15-5-3-4-6-16(15)19/h3-7,9-10H,8,11H2,1-2H3,(H,20,21). The average Bonchev–Trinajstić information content (AvgIpc) is 2.88. The molecule has 1 N–H and O–H groups in total. The molecular formula is C18H18BrN3O. The van der Waals surface area contributed by atoms with Gasteiger partial charge in [0.25, 0.3) is 0 Å².